The van der Waals surface area contributed by atoms with Gasteiger partial charge in [0.05, 0.1) is 0 Å². The Morgan fingerprint density at radius 2 is 1.33 bits per heavy atom. The first-order valence-corrected chi connectivity index (χ1v) is 8.22. The minimum Gasteiger partial charge on any atom is -0.315 e. The predicted molar refractivity (Wildman–Crippen MR) is 79.0 cm³/mol. The van der Waals surface area contributed by atoms with Crippen LogP contribution in [0.4, 0.5) is 0 Å². The van der Waals surface area contributed by atoms with Gasteiger partial charge in [0.1, 0.15) is 0 Å². The number of rotatable bonds is 3. The lowest BCUT2D eigenvalue weighted by molar-refractivity contribution is 0.0966. The zero-order valence-corrected chi connectivity index (χ0v) is 12.5. The largest absolute Gasteiger partial charge is 0.315 e. The molecule has 2 aliphatic carbocycles. The number of nitrogens with zero attached hydrogens (tertiary/aromatic N) is 1. The summed E-state index contributed by atoms with van der Waals surface area (Å²) >= 11 is 0. The Labute approximate surface area is 114 Å². The molecule has 0 radical (unpaired) electrons. The second-order valence-corrected chi connectivity index (χ2v) is 6.41. The van der Waals surface area contributed by atoms with E-state index in [-0.39, 0.29) is 0 Å². The van der Waals surface area contributed by atoms with Gasteiger partial charge in [0.2, 0.25) is 0 Å². The van der Waals surface area contributed by atoms with Crippen molar-refractivity contribution in [3.8, 4) is 0 Å². The van der Waals surface area contributed by atoms with Crippen molar-refractivity contribution >= 4 is 0 Å². The molecule has 1 N–H and O–H groups in total. The summed E-state index contributed by atoms with van der Waals surface area (Å²) in [4.78, 5) is 2.74. The van der Waals surface area contributed by atoms with Crippen molar-refractivity contribution in [2.75, 3.05) is 14.1 Å². The fourth-order valence-electron chi connectivity index (χ4n) is 4.05. The third-order valence-electron chi connectivity index (χ3n) is 5.27. The van der Waals surface area contributed by atoms with Crippen molar-refractivity contribution in [1.29, 1.82) is 0 Å². The Morgan fingerprint density at radius 3 is 2.00 bits per heavy atom. The number of hydrogen-bond acceptors (Lipinski definition) is 2. The van der Waals surface area contributed by atoms with Gasteiger partial charge in [-0.05, 0) is 39.8 Å². The molecule has 2 saturated carbocycles. The van der Waals surface area contributed by atoms with E-state index in [9.17, 15) is 0 Å². The maximum absolute atomic E-state index is 3.60. The summed E-state index contributed by atoms with van der Waals surface area (Å²) in [6, 6.07) is 2.36. The highest BCUT2D eigenvalue weighted by Gasteiger charge is 2.29. The summed E-state index contributed by atoms with van der Waals surface area (Å²) in [5.41, 5.74) is 0. The Morgan fingerprint density at radius 1 is 0.778 bits per heavy atom. The van der Waals surface area contributed by atoms with Crippen LogP contribution in [0.2, 0.25) is 0 Å². The van der Waals surface area contributed by atoms with Crippen LogP contribution in [0.25, 0.3) is 0 Å². The van der Waals surface area contributed by atoms with Crippen LogP contribution in [0.15, 0.2) is 0 Å². The molecule has 0 spiro atoms. The molecule has 0 saturated heterocycles. The van der Waals surface area contributed by atoms with Crippen molar-refractivity contribution in [3.63, 3.8) is 0 Å². The van der Waals surface area contributed by atoms with Gasteiger partial charge in [-0.25, -0.2) is 0 Å². The van der Waals surface area contributed by atoms with E-state index < -0.39 is 0 Å². The molecule has 2 atom stereocenters. The normalized spacial score (nSPS) is 32.2. The summed E-state index contributed by atoms with van der Waals surface area (Å²) in [6.45, 7) is 0. The molecule has 0 aromatic carbocycles. The standard InChI is InChI=1S/C16H32N2/c1-17-15-12-8-3-4-9-13-16(15)18(2)14-10-6-5-7-11-14/h14-17H,3-13H2,1-2H3. The average Bonchev–Trinajstić information content (AvgIpc) is 2.39. The molecule has 0 amide bonds. The summed E-state index contributed by atoms with van der Waals surface area (Å²) in [6.07, 6.45) is 15.7. The number of nitrogens with one attached hydrogen (secondary N) is 1. The molecule has 2 fully saturated rings. The van der Waals surface area contributed by atoms with Gasteiger partial charge in [-0.3, -0.25) is 4.90 Å². The summed E-state index contributed by atoms with van der Waals surface area (Å²) < 4.78 is 0. The van der Waals surface area contributed by atoms with Gasteiger partial charge >= 0.3 is 0 Å². The lowest BCUT2D eigenvalue weighted by Crippen LogP contribution is -2.52. The van der Waals surface area contributed by atoms with Gasteiger partial charge in [0.15, 0.2) is 0 Å². The highest BCUT2D eigenvalue weighted by Crippen LogP contribution is 2.28. The molecule has 0 bridgehead atoms. The van der Waals surface area contributed by atoms with Crippen LogP contribution in [0.5, 0.6) is 0 Å². The van der Waals surface area contributed by atoms with Gasteiger partial charge < -0.3 is 5.32 Å². The zero-order chi connectivity index (χ0) is 12.8. The second-order valence-electron chi connectivity index (χ2n) is 6.41. The monoisotopic (exact) mass is 252 g/mol. The molecule has 0 aliphatic heterocycles. The SMILES string of the molecule is CNC1CCCCCCC1N(C)C1CCCCC1. The van der Waals surface area contributed by atoms with Crippen LogP contribution in [0.1, 0.15) is 70.6 Å². The first-order chi connectivity index (χ1) is 8.83. The maximum Gasteiger partial charge on any atom is 0.0249 e. The van der Waals surface area contributed by atoms with Crippen LogP contribution in [-0.2, 0) is 0 Å². The quantitative estimate of drug-likeness (QED) is 0.826. The summed E-state index contributed by atoms with van der Waals surface area (Å²) in [7, 11) is 4.56. The van der Waals surface area contributed by atoms with Crippen LogP contribution in [0, 0.1) is 0 Å². The Bertz CT molecular complexity index is 223. The molecule has 0 aromatic rings. The van der Waals surface area contributed by atoms with Crippen molar-refractivity contribution in [2.45, 2.75) is 88.8 Å². The van der Waals surface area contributed by atoms with Gasteiger partial charge in [-0.1, -0.05) is 44.9 Å². The van der Waals surface area contributed by atoms with Crippen molar-refractivity contribution in [3.05, 3.63) is 0 Å². The van der Waals surface area contributed by atoms with Crippen molar-refractivity contribution < 1.29 is 0 Å². The van der Waals surface area contributed by atoms with Crippen LogP contribution in [-0.4, -0.2) is 37.1 Å². The maximum atomic E-state index is 3.60. The van der Waals surface area contributed by atoms with Gasteiger partial charge in [0, 0.05) is 18.1 Å². The van der Waals surface area contributed by atoms with Crippen LogP contribution < -0.4 is 5.32 Å². The third kappa shape index (κ3) is 3.71. The minimum atomic E-state index is 0.720. The van der Waals surface area contributed by atoms with E-state index >= 15 is 0 Å². The fourth-order valence-corrected chi connectivity index (χ4v) is 4.05. The van der Waals surface area contributed by atoms with E-state index in [0.717, 1.165) is 18.1 Å². The van der Waals surface area contributed by atoms with E-state index in [2.05, 4.69) is 24.3 Å². The van der Waals surface area contributed by atoms with Crippen molar-refractivity contribution in [2.24, 2.45) is 0 Å². The van der Waals surface area contributed by atoms with E-state index in [1.54, 1.807) is 0 Å². The van der Waals surface area contributed by atoms with E-state index in [0.29, 0.717) is 0 Å². The van der Waals surface area contributed by atoms with E-state index in [4.69, 9.17) is 0 Å². The lowest BCUT2D eigenvalue weighted by Gasteiger charge is -2.42. The summed E-state index contributed by atoms with van der Waals surface area (Å²) in [5, 5.41) is 3.60. The van der Waals surface area contributed by atoms with E-state index in [1.165, 1.54) is 70.6 Å². The minimum absolute atomic E-state index is 0.720. The highest BCUT2D eigenvalue weighted by molar-refractivity contribution is 4.88. The molecule has 18 heavy (non-hydrogen) atoms. The van der Waals surface area contributed by atoms with E-state index in [1.807, 2.05) is 0 Å². The molecule has 2 aliphatic rings. The first kappa shape index (κ1) is 14.3. The molecule has 106 valence electrons. The fraction of sp³-hybridized carbons (Fsp3) is 1.00. The molecule has 0 aromatic heterocycles. The molecule has 2 rings (SSSR count). The number of hydrogen-bond donors (Lipinski definition) is 1. The highest BCUT2D eigenvalue weighted by atomic mass is 15.2. The Balaban J connectivity index is 1.96. The molecular formula is C16H32N2. The Kier molecular flexibility index (Phi) is 5.97. The summed E-state index contributed by atoms with van der Waals surface area (Å²) in [5.74, 6) is 0. The zero-order valence-electron chi connectivity index (χ0n) is 12.5. The van der Waals surface area contributed by atoms with Gasteiger partial charge in [-0.2, -0.15) is 0 Å². The lowest BCUT2D eigenvalue weighted by atomic mass is 9.88. The Hall–Kier alpha value is -0.0800. The molecule has 2 nitrogen and oxygen atoms in total. The predicted octanol–water partition coefficient (Wildman–Crippen LogP) is 3.56. The van der Waals surface area contributed by atoms with Gasteiger partial charge in [-0.15, -0.1) is 0 Å². The van der Waals surface area contributed by atoms with Crippen LogP contribution in [0.3, 0.4) is 0 Å². The molecule has 2 unspecified atom stereocenters. The topological polar surface area (TPSA) is 15.3 Å². The smallest absolute Gasteiger partial charge is 0.0249 e. The molecule has 0 heterocycles. The number of likely N-dealkylation sites (N-methyl/N-ethyl adjacent to an activating group) is 2. The second kappa shape index (κ2) is 7.49. The molecule has 2 heteroatoms. The van der Waals surface area contributed by atoms with Crippen molar-refractivity contribution in [1.82, 2.24) is 10.2 Å². The van der Waals surface area contributed by atoms with Gasteiger partial charge in [0.25, 0.3) is 0 Å². The average molecular weight is 252 g/mol. The molecular weight excluding hydrogens is 220 g/mol. The third-order valence-corrected chi connectivity index (χ3v) is 5.27. The first-order valence-electron chi connectivity index (χ1n) is 8.22. The van der Waals surface area contributed by atoms with Crippen LogP contribution >= 0.6 is 0 Å².